The molecule has 1 aliphatic rings. The van der Waals surface area contributed by atoms with Crippen molar-refractivity contribution < 1.29 is 4.79 Å². The Morgan fingerprint density at radius 2 is 2.00 bits per heavy atom. The largest absolute Gasteiger partial charge is 0.351 e. The van der Waals surface area contributed by atoms with Crippen LogP contribution in [0.2, 0.25) is 0 Å². The Morgan fingerprint density at radius 1 is 1.18 bits per heavy atom. The fourth-order valence-corrected chi connectivity index (χ4v) is 3.78. The number of carbonyl (C=O) groups excluding carboxylic acids is 1. The molecule has 0 fully saturated rings. The highest BCUT2D eigenvalue weighted by Crippen LogP contribution is 2.34. The van der Waals surface area contributed by atoms with Crippen LogP contribution < -0.4 is 0 Å². The van der Waals surface area contributed by atoms with Crippen molar-refractivity contribution in [2.75, 3.05) is 0 Å². The summed E-state index contributed by atoms with van der Waals surface area (Å²) in [6.45, 7) is 2.89. The molecule has 0 spiro atoms. The van der Waals surface area contributed by atoms with Gasteiger partial charge in [0.25, 0.3) is 0 Å². The molecule has 4 rings (SSSR count). The summed E-state index contributed by atoms with van der Waals surface area (Å²) in [5.41, 5.74) is 4.54. The van der Waals surface area contributed by atoms with E-state index in [-0.39, 0.29) is 5.92 Å². The van der Waals surface area contributed by atoms with Crippen molar-refractivity contribution in [3.63, 3.8) is 0 Å². The van der Waals surface area contributed by atoms with Crippen molar-refractivity contribution in [3.05, 3.63) is 59.5 Å². The van der Waals surface area contributed by atoms with Crippen LogP contribution in [0, 0.1) is 12.8 Å². The molecule has 3 aromatic rings. The van der Waals surface area contributed by atoms with E-state index in [9.17, 15) is 4.79 Å². The molecule has 22 heavy (non-hydrogen) atoms. The standard InChI is InChI=1S/C19H20N2O/c1-13-6-5-11-21(13)12-14-9-10-17-18(19(14)22)15-7-3-4-8-16(15)20(17)2/h3-8,11,14H,9-10,12H2,1-2H3. The molecule has 1 atom stereocenters. The van der Waals surface area contributed by atoms with Crippen molar-refractivity contribution in [1.29, 1.82) is 0 Å². The van der Waals surface area contributed by atoms with Crippen LogP contribution in [0.5, 0.6) is 0 Å². The average molecular weight is 292 g/mol. The van der Waals surface area contributed by atoms with Gasteiger partial charge in [0, 0.05) is 53.6 Å². The van der Waals surface area contributed by atoms with Crippen LogP contribution in [-0.2, 0) is 20.0 Å². The van der Waals surface area contributed by atoms with Crippen LogP contribution in [0.25, 0.3) is 10.9 Å². The van der Waals surface area contributed by atoms with Gasteiger partial charge in [-0.05, 0) is 38.0 Å². The average Bonchev–Trinajstić information content (AvgIpc) is 3.05. The Morgan fingerprint density at radius 3 is 2.77 bits per heavy atom. The van der Waals surface area contributed by atoms with Gasteiger partial charge in [0.15, 0.2) is 5.78 Å². The zero-order chi connectivity index (χ0) is 15.3. The lowest BCUT2D eigenvalue weighted by Crippen LogP contribution is -2.27. The number of aromatic nitrogens is 2. The van der Waals surface area contributed by atoms with E-state index in [1.54, 1.807) is 0 Å². The summed E-state index contributed by atoms with van der Waals surface area (Å²) in [4.78, 5) is 13.1. The van der Waals surface area contributed by atoms with Crippen LogP contribution in [-0.4, -0.2) is 14.9 Å². The zero-order valence-electron chi connectivity index (χ0n) is 13.0. The van der Waals surface area contributed by atoms with Gasteiger partial charge in [-0.3, -0.25) is 4.79 Å². The van der Waals surface area contributed by atoms with Crippen molar-refractivity contribution >= 4 is 16.7 Å². The van der Waals surface area contributed by atoms with Gasteiger partial charge in [-0.1, -0.05) is 18.2 Å². The highest BCUT2D eigenvalue weighted by atomic mass is 16.1. The molecular formula is C19H20N2O. The quantitative estimate of drug-likeness (QED) is 0.707. The molecule has 112 valence electrons. The van der Waals surface area contributed by atoms with E-state index in [4.69, 9.17) is 0 Å². The number of ketones is 1. The first-order chi connectivity index (χ1) is 10.7. The van der Waals surface area contributed by atoms with Crippen LogP contribution in [0.15, 0.2) is 42.6 Å². The smallest absolute Gasteiger partial charge is 0.170 e. The van der Waals surface area contributed by atoms with E-state index in [1.807, 2.05) is 18.2 Å². The molecule has 0 N–H and O–H groups in total. The molecule has 1 unspecified atom stereocenters. The Labute approximate surface area is 130 Å². The highest BCUT2D eigenvalue weighted by Gasteiger charge is 2.32. The second kappa shape index (κ2) is 4.87. The van der Waals surface area contributed by atoms with Crippen molar-refractivity contribution in [3.8, 4) is 0 Å². The molecule has 0 radical (unpaired) electrons. The van der Waals surface area contributed by atoms with Crippen molar-refractivity contribution in [2.24, 2.45) is 13.0 Å². The fraction of sp³-hybridized carbons (Fsp3) is 0.316. The molecule has 0 aliphatic heterocycles. The van der Waals surface area contributed by atoms with Gasteiger partial charge in [-0.15, -0.1) is 0 Å². The zero-order valence-corrected chi connectivity index (χ0v) is 13.0. The fourth-order valence-electron chi connectivity index (χ4n) is 3.78. The number of fused-ring (bicyclic) bond motifs is 3. The lowest BCUT2D eigenvalue weighted by Gasteiger charge is -2.23. The normalized spacial score (nSPS) is 17.9. The lowest BCUT2D eigenvalue weighted by atomic mass is 9.85. The van der Waals surface area contributed by atoms with Gasteiger partial charge in [-0.2, -0.15) is 0 Å². The van der Waals surface area contributed by atoms with Gasteiger partial charge < -0.3 is 9.13 Å². The summed E-state index contributed by atoms with van der Waals surface area (Å²) in [6, 6.07) is 12.4. The van der Waals surface area contributed by atoms with Crippen LogP contribution in [0.3, 0.4) is 0 Å². The number of rotatable bonds is 2. The number of benzene rings is 1. The molecule has 0 saturated heterocycles. The molecule has 1 aliphatic carbocycles. The molecule has 0 saturated carbocycles. The van der Waals surface area contributed by atoms with Gasteiger partial charge >= 0.3 is 0 Å². The van der Waals surface area contributed by atoms with Gasteiger partial charge in [0.05, 0.1) is 0 Å². The van der Waals surface area contributed by atoms with E-state index in [0.717, 1.165) is 30.3 Å². The topological polar surface area (TPSA) is 26.9 Å². The monoisotopic (exact) mass is 292 g/mol. The van der Waals surface area contributed by atoms with Gasteiger partial charge in [-0.25, -0.2) is 0 Å². The summed E-state index contributed by atoms with van der Waals surface area (Å²) in [6.07, 6.45) is 3.99. The first-order valence-electron chi connectivity index (χ1n) is 7.89. The summed E-state index contributed by atoms with van der Waals surface area (Å²) >= 11 is 0. The number of hydrogen-bond acceptors (Lipinski definition) is 1. The van der Waals surface area contributed by atoms with Gasteiger partial charge in [0.1, 0.15) is 0 Å². The van der Waals surface area contributed by atoms with E-state index >= 15 is 0 Å². The highest BCUT2D eigenvalue weighted by molar-refractivity contribution is 6.11. The second-order valence-electron chi connectivity index (χ2n) is 6.30. The molecule has 3 nitrogen and oxygen atoms in total. The van der Waals surface area contributed by atoms with E-state index in [0.29, 0.717) is 5.78 Å². The number of carbonyl (C=O) groups is 1. The molecule has 3 heteroatoms. The third kappa shape index (κ3) is 1.85. The SMILES string of the molecule is Cc1cccn1CC1CCc2c(c3ccccc3n2C)C1=O. The Balaban J connectivity index is 1.77. The van der Waals surface area contributed by atoms with E-state index in [2.05, 4.69) is 47.5 Å². The van der Waals surface area contributed by atoms with Crippen molar-refractivity contribution in [2.45, 2.75) is 26.3 Å². The Bertz CT molecular complexity index is 869. The maximum absolute atomic E-state index is 13.1. The summed E-state index contributed by atoms with van der Waals surface area (Å²) in [5.74, 6) is 0.399. The van der Waals surface area contributed by atoms with E-state index in [1.165, 1.54) is 16.9 Å². The number of aryl methyl sites for hydroxylation is 2. The molecule has 1 aromatic carbocycles. The predicted molar refractivity (Wildman–Crippen MR) is 88.2 cm³/mol. The predicted octanol–water partition coefficient (Wildman–Crippen LogP) is 3.73. The van der Waals surface area contributed by atoms with Crippen LogP contribution in [0.4, 0.5) is 0 Å². The first-order valence-corrected chi connectivity index (χ1v) is 7.89. The third-order valence-electron chi connectivity index (χ3n) is 5.05. The number of Topliss-reactive ketones (excluding diaryl/α,β-unsaturated/α-hetero) is 1. The number of para-hydroxylation sites is 1. The minimum atomic E-state index is 0.0874. The second-order valence-corrected chi connectivity index (χ2v) is 6.30. The maximum Gasteiger partial charge on any atom is 0.170 e. The lowest BCUT2D eigenvalue weighted by molar-refractivity contribution is 0.0888. The maximum atomic E-state index is 13.1. The number of nitrogens with zero attached hydrogens (tertiary/aromatic N) is 2. The Hall–Kier alpha value is -2.29. The number of hydrogen-bond donors (Lipinski definition) is 0. The van der Waals surface area contributed by atoms with Crippen LogP contribution in [0.1, 0.15) is 28.2 Å². The van der Waals surface area contributed by atoms with Crippen molar-refractivity contribution in [1.82, 2.24) is 9.13 Å². The molecule has 0 bridgehead atoms. The summed E-state index contributed by atoms with van der Waals surface area (Å²) in [5, 5.41) is 1.11. The molecule has 2 aromatic heterocycles. The Kier molecular flexibility index (Phi) is 2.96. The molecule has 2 heterocycles. The van der Waals surface area contributed by atoms with Crippen LogP contribution >= 0.6 is 0 Å². The van der Waals surface area contributed by atoms with Gasteiger partial charge in [0.2, 0.25) is 0 Å². The summed E-state index contributed by atoms with van der Waals surface area (Å²) < 4.78 is 4.39. The molecule has 0 amide bonds. The summed E-state index contributed by atoms with van der Waals surface area (Å²) in [7, 11) is 2.07. The van der Waals surface area contributed by atoms with E-state index < -0.39 is 0 Å². The molecular weight excluding hydrogens is 272 g/mol. The minimum Gasteiger partial charge on any atom is -0.351 e. The minimum absolute atomic E-state index is 0.0874. The first kappa shape index (κ1) is 13.4. The third-order valence-corrected chi connectivity index (χ3v) is 5.05.